The van der Waals surface area contributed by atoms with E-state index in [0.29, 0.717) is 22.7 Å². The average Bonchev–Trinajstić information content (AvgIpc) is 2.73. The Morgan fingerprint density at radius 2 is 2.06 bits per heavy atom. The second kappa shape index (κ2) is 5.64. The molecule has 1 saturated heterocycles. The van der Waals surface area contributed by atoms with Crippen LogP contribution in [0.1, 0.15) is 18.4 Å². The van der Waals surface area contributed by atoms with Gasteiger partial charge in [0.25, 0.3) is 5.76 Å². The topological polar surface area (TPSA) is 12.0 Å². The minimum absolute atomic E-state index is 0.564. The highest BCUT2D eigenvalue weighted by atomic mass is 32.2. The van der Waals surface area contributed by atoms with Crippen LogP contribution in [-0.2, 0) is 6.42 Å². The Bertz CT molecular complexity index is 320. The summed E-state index contributed by atoms with van der Waals surface area (Å²) in [5.74, 6) is -2.33. The maximum absolute atomic E-state index is 12.1. The lowest BCUT2D eigenvalue weighted by Crippen LogP contribution is -2.23. The van der Waals surface area contributed by atoms with Crippen LogP contribution in [0.25, 0.3) is 0 Å². The number of hydrogen-bond donors (Lipinski definition) is 1. The second-order valence-corrected chi connectivity index (χ2v) is 5.08. The summed E-state index contributed by atoms with van der Waals surface area (Å²) in [4.78, 5) is 0.637. The quantitative estimate of drug-likeness (QED) is 0.814. The molecule has 1 aliphatic rings. The van der Waals surface area contributed by atoms with Gasteiger partial charge in [-0.15, -0.1) is 0 Å². The standard InChI is InChI=1S/C12H15F2NS/c13-12(14)16-11-5-3-9(4-6-11)8-10-2-1-7-15-10/h3-6,10,12,15H,1-2,7-8H2. The molecule has 2 rings (SSSR count). The first-order valence-corrected chi connectivity index (χ1v) is 6.39. The molecule has 0 amide bonds. The van der Waals surface area contributed by atoms with E-state index in [4.69, 9.17) is 0 Å². The third-order valence-corrected chi connectivity index (χ3v) is 3.52. The van der Waals surface area contributed by atoms with E-state index in [1.54, 1.807) is 12.1 Å². The fourth-order valence-corrected chi connectivity index (χ4v) is 2.52. The van der Waals surface area contributed by atoms with E-state index in [2.05, 4.69) is 5.32 Å². The van der Waals surface area contributed by atoms with Crippen molar-refractivity contribution in [2.45, 2.75) is 36.0 Å². The lowest BCUT2D eigenvalue weighted by Gasteiger charge is -2.10. The van der Waals surface area contributed by atoms with Crippen LogP contribution >= 0.6 is 11.8 Å². The highest BCUT2D eigenvalue weighted by molar-refractivity contribution is 7.99. The highest BCUT2D eigenvalue weighted by Crippen LogP contribution is 2.25. The van der Waals surface area contributed by atoms with Gasteiger partial charge in [-0.1, -0.05) is 23.9 Å². The van der Waals surface area contributed by atoms with Crippen LogP contribution in [0.4, 0.5) is 8.78 Å². The number of benzene rings is 1. The molecule has 1 heterocycles. The fraction of sp³-hybridized carbons (Fsp3) is 0.500. The Morgan fingerprint density at radius 3 is 2.62 bits per heavy atom. The predicted octanol–water partition coefficient (Wildman–Crippen LogP) is 3.30. The molecule has 0 spiro atoms. The van der Waals surface area contributed by atoms with Crippen LogP contribution in [0.2, 0.25) is 0 Å². The van der Waals surface area contributed by atoms with Crippen LogP contribution in [0, 0.1) is 0 Å². The van der Waals surface area contributed by atoms with Crippen LogP contribution < -0.4 is 5.32 Å². The van der Waals surface area contributed by atoms with Gasteiger partial charge >= 0.3 is 0 Å². The lowest BCUT2D eigenvalue weighted by molar-refractivity contribution is 0.252. The molecule has 0 radical (unpaired) electrons. The van der Waals surface area contributed by atoms with E-state index in [1.807, 2.05) is 12.1 Å². The Morgan fingerprint density at radius 1 is 1.31 bits per heavy atom. The largest absolute Gasteiger partial charge is 0.314 e. The Labute approximate surface area is 98.6 Å². The van der Waals surface area contributed by atoms with Gasteiger partial charge in [0.1, 0.15) is 0 Å². The highest BCUT2D eigenvalue weighted by Gasteiger charge is 2.14. The van der Waals surface area contributed by atoms with Crippen LogP contribution in [0.5, 0.6) is 0 Å². The maximum atomic E-state index is 12.1. The van der Waals surface area contributed by atoms with Gasteiger partial charge in [-0.25, -0.2) is 0 Å². The number of nitrogens with one attached hydrogen (secondary N) is 1. The Hall–Kier alpha value is -0.610. The average molecular weight is 243 g/mol. The first-order chi connectivity index (χ1) is 7.74. The van der Waals surface area contributed by atoms with Crippen molar-refractivity contribution in [2.75, 3.05) is 6.54 Å². The van der Waals surface area contributed by atoms with Crippen molar-refractivity contribution < 1.29 is 8.78 Å². The Balaban J connectivity index is 1.90. The molecular weight excluding hydrogens is 228 g/mol. The summed E-state index contributed by atoms with van der Waals surface area (Å²) in [6, 6.07) is 8.02. The molecule has 1 unspecified atom stereocenters. The van der Waals surface area contributed by atoms with Crippen molar-refractivity contribution in [1.82, 2.24) is 5.32 Å². The molecule has 0 aliphatic carbocycles. The summed E-state index contributed by atoms with van der Waals surface area (Å²) in [6.07, 6.45) is 3.46. The minimum atomic E-state index is -2.33. The number of halogens is 2. The van der Waals surface area contributed by atoms with Gasteiger partial charge in [0.05, 0.1) is 0 Å². The SMILES string of the molecule is FC(F)Sc1ccc(CC2CCCN2)cc1. The van der Waals surface area contributed by atoms with E-state index >= 15 is 0 Å². The van der Waals surface area contributed by atoms with Crippen molar-refractivity contribution in [2.24, 2.45) is 0 Å². The zero-order valence-corrected chi connectivity index (χ0v) is 9.77. The molecule has 0 saturated carbocycles. The van der Waals surface area contributed by atoms with Crippen molar-refractivity contribution in [1.29, 1.82) is 0 Å². The molecule has 1 nitrogen and oxygen atoms in total. The van der Waals surface area contributed by atoms with Gasteiger partial charge in [0.2, 0.25) is 0 Å². The fourth-order valence-electron chi connectivity index (χ4n) is 2.02. The van der Waals surface area contributed by atoms with Crippen LogP contribution in [-0.4, -0.2) is 18.3 Å². The first-order valence-electron chi connectivity index (χ1n) is 5.51. The summed E-state index contributed by atoms with van der Waals surface area (Å²) < 4.78 is 24.2. The molecule has 1 aliphatic heterocycles. The molecule has 1 aromatic rings. The molecule has 88 valence electrons. The monoisotopic (exact) mass is 243 g/mol. The smallest absolute Gasteiger partial charge is 0.288 e. The molecule has 1 atom stereocenters. The van der Waals surface area contributed by atoms with Crippen molar-refractivity contribution in [3.05, 3.63) is 29.8 Å². The van der Waals surface area contributed by atoms with E-state index < -0.39 is 5.76 Å². The summed E-state index contributed by atoms with van der Waals surface area (Å²) in [7, 11) is 0. The minimum Gasteiger partial charge on any atom is -0.314 e. The number of thioether (sulfide) groups is 1. The van der Waals surface area contributed by atoms with Gasteiger partial charge in [-0.3, -0.25) is 0 Å². The van der Waals surface area contributed by atoms with Crippen molar-refractivity contribution in [3.63, 3.8) is 0 Å². The Kier molecular flexibility index (Phi) is 4.18. The number of alkyl halides is 2. The van der Waals surface area contributed by atoms with Gasteiger partial charge in [-0.2, -0.15) is 8.78 Å². The summed E-state index contributed by atoms with van der Waals surface area (Å²) in [6.45, 7) is 1.10. The number of rotatable bonds is 4. The molecule has 1 N–H and O–H groups in total. The molecular formula is C12H15F2NS. The van der Waals surface area contributed by atoms with E-state index in [-0.39, 0.29) is 0 Å². The first kappa shape index (κ1) is 11.9. The third-order valence-electron chi connectivity index (χ3n) is 2.79. The zero-order chi connectivity index (χ0) is 11.4. The molecule has 1 fully saturated rings. The van der Waals surface area contributed by atoms with E-state index in [1.165, 1.54) is 18.4 Å². The summed E-state index contributed by atoms with van der Waals surface area (Å²) >= 11 is 0.601. The van der Waals surface area contributed by atoms with Crippen LogP contribution in [0.3, 0.4) is 0 Å². The molecule has 1 aromatic carbocycles. The molecule has 4 heteroatoms. The van der Waals surface area contributed by atoms with Gasteiger partial charge < -0.3 is 5.32 Å². The molecule has 16 heavy (non-hydrogen) atoms. The normalized spacial score (nSPS) is 20.6. The van der Waals surface area contributed by atoms with E-state index in [9.17, 15) is 8.78 Å². The molecule has 0 bridgehead atoms. The van der Waals surface area contributed by atoms with Gasteiger partial charge in [-0.05, 0) is 43.5 Å². The third kappa shape index (κ3) is 3.46. The molecule has 0 aromatic heterocycles. The lowest BCUT2D eigenvalue weighted by atomic mass is 10.1. The van der Waals surface area contributed by atoms with Gasteiger partial charge in [0, 0.05) is 10.9 Å². The maximum Gasteiger partial charge on any atom is 0.288 e. The predicted molar refractivity (Wildman–Crippen MR) is 63.0 cm³/mol. The number of hydrogen-bond acceptors (Lipinski definition) is 2. The second-order valence-electron chi connectivity index (χ2n) is 4.02. The van der Waals surface area contributed by atoms with E-state index in [0.717, 1.165) is 13.0 Å². The van der Waals surface area contributed by atoms with Crippen molar-refractivity contribution >= 4 is 11.8 Å². The zero-order valence-electron chi connectivity index (χ0n) is 8.96. The van der Waals surface area contributed by atoms with Crippen LogP contribution in [0.15, 0.2) is 29.2 Å². The summed E-state index contributed by atoms with van der Waals surface area (Å²) in [5, 5.41) is 3.43. The van der Waals surface area contributed by atoms with Gasteiger partial charge in [0.15, 0.2) is 0 Å². The van der Waals surface area contributed by atoms with Crippen molar-refractivity contribution in [3.8, 4) is 0 Å². The summed E-state index contributed by atoms with van der Waals surface area (Å²) in [5.41, 5.74) is 1.22.